The Hall–Kier alpha value is -2.17. The lowest BCUT2D eigenvalue weighted by atomic mass is 9.78. The minimum Gasteiger partial charge on any atom is -0.481 e. The third-order valence-electron chi connectivity index (χ3n) is 6.49. The van der Waals surface area contributed by atoms with Gasteiger partial charge in [-0.2, -0.15) is 0 Å². The van der Waals surface area contributed by atoms with E-state index in [2.05, 4.69) is 5.32 Å². The van der Waals surface area contributed by atoms with E-state index in [0.29, 0.717) is 11.3 Å². The van der Waals surface area contributed by atoms with Crippen LogP contribution in [-0.4, -0.2) is 22.8 Å². The molecular formula is C19H21NO4. The molecule has 0 heterocycles. The summed E-state index contributed by atoms with van der Waals surface area (Å²) < 4.78 is 0. The number of rotatable bonds is 4. The zero-order valence-electron chi connectivity index (χ0n) is 13.6. The van der Waals surface area contributed by atoms with Crippen LogP contribution in [-0.2, 0) is 9.59 Å². The summed E-state index contributed by atoms with van der Waals surface area (Å²) in [6, 6.07) is 6.75. The molecule has 3 aliphatic carbocycles. The van der Waals surface area contributed by atoms with E-state index in [1.54, 1.807) is 24.3 Å². The third-order valence-corrected chi connectivity index (χ3v) is 6.49. The second kappa shape index (κ2) is 5.16. The molecule has 0 aromatic heterocycles. The maximum Gasteiger partial charge on any atom is 0.307 e. The van der Waals surface area contributed by atoms with Crippen LogP contribution in [0.15, 0.2) is 24.3 Å². The van der Waals surface area contributed by atoms with Crippen LogP contribution in [0.25, 0.3) is 0 Å². The molecule has 2 N–H and O–H groups in total. The van der Waals surface area contributed by atoms with Gasteiger partial charge in [-0.25, -0.2) is 0 Å². The molecule has 4 unspecified atom stereocenters. The van der Waals surface area contributed by atoms with Crippen molar-refractivity contribution in [2.75, 3.05) is 5.32 Å². The number of nitrogens with one attached hydrogen (secondary N) is 1. The molecule has 0 aliphatic heterocycles. The molecular weight excluding hydrogens is 306 g/mol. The smallest absolute Gasteiger partial charge is 0.307 e. The number of hydrogen-bond donors (Lipinski definition) is 2. The van der Waals surface area contributed by atoms with E-state index in [9.17, 15) is 19.5 Å². The van der Waals surface area contributed by atoms with Crippen molar-refractivity contribution in [1.29, 1.82) is 0 Å². The summed E-state index contributed by atoms with van der Waals surface area (Å²) in [7, 11) is 0. The summed E-state index contributed by atoms with van der Waals surface area (Å²) in [6.07, 6.45) is 4.06. The van der Waals surface area contributed by atoms with Gasteiger partial charge in [0.1, 0.15) is 0 Å². The van der Waals surface area contributed by atoms with Gasteiger partial charge in [0.2, 0.25) is 5.91 Å². The maximum atomic E-state index is 12.8. The maximum absolute atomic E-state index is 12.8. The number of carboxylic acid groups (broad SMARTS) is 1. The van der Waals surface area contributed by atoms with Crippen molar-refractivity contribution < 1.29 is 19.5 Å². The molecule has 0 saturated heterocycles. The van der Waals surface area contributed by atoms with Gasteiger partial charge >= 0.3 is 5.97 Å². The van der Waals surface area contributed by atoms with Crippen molar-refractivity contribution in [3.05, 3.63) is 29.8 Å². The molecule has 1 amide bonds. The molecule has 4 rings (SSSR count). The quantitative estimate of drug-likeness (QED) is 0.833. The largest absolute Gasteiger partial charge is 0.481 e. The molecule has 1 spiro atoms. The summed E-state index contributed by atoms with van der Waals surface area (Å²) in [5.41, 5.74) is 1.33. The first-order valence-corrected chi connectivity index (χ1v) is 8.59. The van der Waals surface area contributed by atoms with Crippen LogP contribution in [0.2, 0.25) is 0 Å². The highest BCUT2D eigenvalue weighted by Crippen LogP contribution is 2.74. The average molecular weight is 327 g/mol. The summed E-state index contributed by atoms with van der Waals surface area (Å²) in [6.45, 7) is 1.50. The zero-order valence-corrected chi connectivity index (χ0v) is 13.6. The van der Waals surface area contributed by atoms with Gasteiger partial charge in [-0.1, -0.05) is 0 Å². The number of Topliss-reactive ketones (excluding diaryl/α,β-unsaturated/α-hetero) is 1. The van der Waals surface area contributed by atoms with Gasteiger partial charge in [-0.15, -0.1) is 0 Å². The Labute approximate surface area is 140 Å². The monoisotopic (exact) mass is 327 g/mol. The third kappa shape index (κ3) is 2.10. The van der Waals surface area contributed by atoms with Crippen molar-refractivity contribution in [3.63, 3.8) is 0 Å². The van der Waals surface area contributed by atoms with Crippen LogP contribution in [0.3, 0.4) is 0 Å². The van der Waals surface area contributed by atoms with Crippen LogP contribution in [0.4, 0.5) is 5.69 Å². The van der Waals surface area contributed by atoms with Gasteiger partial charge < -0.3 is 10.4 Å². The SMILES string of the molecule is CC(=O)c1ccc(NC(=O)C2C(C(=O)O)C3CCC2C32CC2)cc1. The number of amides is 1. The minimum atomic E-state index is -0.833. The first-order valence-electron chi connectivity index (χ1n) is 8.59. The molecule has 4 atom stereocenters. The van der Waals surface area contributed by atoms with E-state index >= 15 is 0 Å². The fourth-order valence-corrected chi connectivity index (χ4v) is 5.36. The Morgan fingerprint density at radius 1 is 1.04 bits per heavy atom. The highest BCUT2D eigenvalue weighted by molar-refractivity contribution is 5.98. The molecule has 3 fully saturated rings. The van der Waals surface area contributed by atoms with Crippen molar-refractivity contribution in [2.24, 2.45) is 29.1 Å². The molecule has 126 valence electrons. The standard InChI is InChI=1S/C19H21NO4/c1-10(21)11-2-4-12(5-3-11)20-17(22)15-13-6-7-14(16(15)18(23)24)19(13)8-9-19/h2-5,13-16H,6-9H2,1H3,(H,20,22)(H,23,24). The summed E-state index contributed by atoms with van der Waals surface area (Å²) in [5.74, 6) is -1.66. The van der Waals surface area contributed by atoms with Crippen LogP contribution < -0.4 is 5.32 Å². The predicted molar refractivity (Wildman–Crippen MR) is 87.6 cm³/mol. The highest BCUT2D eigenvalue weighted by atomic mass is 16.4. The summed E-state index contributed by atoms with van der Waals surface area (Å²) in [4.78, 5) is 35.9. The Balaban J connectivity index is 1.55. The van der Waals surface area contributed by atoms with E-state index in [4.69, 9.17) is 0 Å². The first kappa shape index (κ1) is 15.4. The number of hydrogen-bond acceptors (Lipinski definition) is 3. The van der Waals surface area contributed by atoms with Crippen molar-refractivity contribution in [3.8, 4) is 0 Å². The van der Waals surface area contributed by atoms with E-state index in [-0.39, 0.29) is 28.9 Å². The number of aliphatic carboxylic acids is 1. The normalized spacial score (nSPS) is 31.9. The average Bonchev–Trinajstić information content (AvgIpc) is 3.21. The molecule has 2 bridgehead atoms. The Morgan fingerprint density at radius 2 is 1.62 bits per heavy atom. The number of carbonyl (C=O) groups is 3. The van der Waals surface area contributed by atoms with Crippen molar-refractivity contribution in [2.45, 2.75) is 32.6 Å². The second-order valence-electron chi connectivity index (χ2n) is 7.54. The fraction of sp³-hybridized carbons (Fsp3) is 0.526. The van der Waals surface area contributed by atoms with Crippen LogP contribution >= 0.6 is 0 Å². The van der Waals surface area contributed by atoms with E-state index in [0.717, 1.165) is 25.7 Å². The van der Waals surface area contributed by atoms with Gasteiger partial charge in [0, 0.05) is 11.3 Å². The Bertz CT molecular complexity index is 719. The lowest BCUT2D eigenvalue weighted by Crippen LogP contribution is -2.37. The van der Waals surface area contributed by atoms with Gasteiger partial charge in [-0.05, 0) is 74.1 Å². The van der Waals surface area contributed by atoms with Crippen LogP contribution in [0.1, 0.15) is 43.0 Å². The van der Waals surface area contributed by atoms with Gasteiger partial charge in [0.25, 0.3) is 0 Å². The summed E-state index contributed by atoms with van der Waals surface area (Å²) in [5, 5.41) is 12.5. The van der Waals surface area contributed by atoms with Crippen LogP contribution in [0.5, 0.6) is 0 Å². The number of benzene rings is 1. The van der Waals surface area contributed by atoms with Crippen molar-refractivity contribution >= 4 is 23.3 Å². The number of carboxylic acids is 1. The molecule has 1 aromatic carbocycles. The topological polar surface area (TPSA) is 83.5 Å². The highest BCUT2D eigenvalue weighted by Gasteiger charge is 2.71. The second-order valence-corrected chi connectivity index (χ2v) is 7.54. The molecule has 24 heavy (non-hydrogen) atoms. The Kier molecular flexibility index (Phi) is 3.31. The van der Waals surface area contributed by atoms with E-state index in [1.165, 1.54) is 6.92 Å². The van der Waals surface area contributed by atoms with Gasteiger partial charge in [-0.3, -0.25) is 14.4 Å². The Morgan fingerprint density at radius 3 is 2.12 bits per heavy atom. The molecule has 1 aromatic rings. The summed E-state index contributed by atoms with van der Waals surface area (Å²) >= 11 is 0. The number of carbonyl (C=O) groups excluding carboxylic acids is 2. The minimum absolute atomic E-state index is 0.0254. The van der Waals surface area contributed by atoms with Crippen LogP contribution in [0, 0.1) is 29.1 Å². The molecule has 5 heteroatoms. The number of anilines is 1. The predicted octanol–water partition coefficient (Wildman–Crippen LogP) is 2.96. The van der Waals surface area contributed by atoms with Gasteiger partial charge in [0.15, 0.2) is 5.78 Å². The fourth-order valence-electron chi connectivity index (χ4n) is 5.36. The van der Waals surface area contributed by atoms with Crippen molar-refractivity contribution in [1.82, 2.24) is 0 Å². The van der Waals surface area contributed by atoms with E-state index in [1.807, 2.05) is 0 Å². The van der Waals surface area contributed by atoms with E-state index < -0.39 is 17.8 Å². The molecule has 3 aliphatic rings. The molecule has 3 saturated carbocycles. The lowest BCUT2D eigenvalue weighted by Gasteiger charge is -2.26. The van der Waals surface area contributed by atoms with Gasteiger partial charge in [0.05, 0.1) is 11.8 Å². The molecule has 0 radical (unpaired) electrons. The number of ketones is 1. The first-order chi connectivity index (χ1) is 11.4. The molecule has 5 nitrogen and oxygen atoms in total. The lowest BCUT2D eigenvalue weighted by molar-refractivity contribution is -0.148. The zero-order chi connectivity index (χ0) is 17.1.